The van der Waals surface area contributed by atoms with E-state index in [1.807, 2.05) is 18.2 Å². The van der Waals surface area contributed by atoms with E-state index in [2.05, 4.69) is 10.6 Å². The Morgan fingerprint density at radius 3 is 2.86 bits per heavy atom. The Morgan fingerprint density at radius 1 is 1.43 bits per heavy atom. The van der Waals surface area contributed by atoms with Gasteiger partial charge in [0.25, 0.3) is 0 Å². The Balaban J connectivity index is 0.00000220. The molecule has 0 aliphatic carbocycles. The van der Waals surface area contributed by atoms with Gasteiger partial charge in [-0.3, -0.25) is 4.79 Å². The molecule has 0 bridgehead atoms. The van der Waals surface area contributed by atoms with Crippen molar-refractivity contribution in [3.05, 3.63) is 23.8 Å². The van der Waals surface area contributed by atoms with Crippen molar-refractivity contribution in [3.8, 4) is 11.5 Å². The Labute approximate surface area is 130 Å². The molecule has 2 rings (SSSR count). The summed E-state index contributed by atoms with van der Waals surface area (Å²) in [5.41, 5.74) is 0.872. The van der Waals surface area contributed by atoms with Gasteiger partial charge in [0.05, 0.1) is 27.4 Å². The first-order valence-corrected chi connectivity index (χ1v) is 6.54. The van der Waals surface area contributed by atoms with Crippen LogP contribution in [0.5, 0.6) is 11.5 Å². The number of morpholine rings is 1. The van der Waals surface area contributed by atoms with E-state index in [1.54, 1.807) is 14.2 Å². The van der Waals surface area contributed by atoms with Crippen LogP contribution in [0.3, 0.4) is 0 Å². The highest BCUT2D eigenvalue weighted by Gasteiger charge is 2.21. The number of nitrogens with one attached hydrogen (secondary N) is 2. The van der Waals surface area contributed by atoms with Crippen LogP contribution in [-0.2, 0) is 16.1 Å². The lowest BCUT2D eigenvalue weighted by molar-refractivity contribution is -0.126. The third-order valence-electron chi connectivity index (χ3n) is 3.18. The van der Waals surface area contributed by atoms with E-state index in [-0.39, 0.29) is 24.4 Å². The molecule has 1 aliphatic heterocycles. The van der Waals surface area contributed by atoms with Crippen LogP contribution in [0, 0.1) is 0 Å². The van der Waals surface area contributed by atoms with Crippen LogP contribution >= 0.6 is 12.4 Å². The van der Waals surface area contributed by atoms with E-state index >= 15 is 0 Å². The molecule has 1 aromatic rings. The molecular weight excluding hydrogens is 296 g/mol. The summed E-state index contributed by atoms with van der Waals surface area (Å²) in [6.45, 7) is 2.13. The number of methoxy groups -OCH3 is 2. The van der Waals surface area contributed by atoms with Gasteiger partial charge < -0.3 is 24.8 Å². The van der Waals surface area contributed by atoms with Crippen molar-refractivity contribution in [3.63, 3.8) is 0 Å². The van der Waals surface area contributed by atoms with Gasteiger partial charge in [-0.15, -0.1) is 12.4 Å². The first-order chi connectivity index (χ1) is 9.74. The zero-order valence-electron chi connectivity index (χ0n) is 12.2. The molecule has 0 aromatic heterocycles. The van der Waals surface area contributed by atoms with Gasteiger partial charge in [0.2, 0.25) is 5.91 Å². The van der Waals surface area contributed by atoms with Crippen molar-refractivity contribution in [2.75, 3.05) is 34.0 Å². The maximum Gasteiger partial charge on any atom is 0.239 e. The molecule has 1 amide bonds. The molecular formula is C14H21ClN2O4. The molecule has 1 aliphatic rings. The summed E-state index contributed by atoms with van der Waals surface area (Å²) >= 11 is 0. The van der Waals surface area contributed by atoms with E-state index in [4.69, 9.17) is 14.2 Å². The molecule has 0 spiro atoms. The van der Waals surface area contributed by atoms with Gasteiger partial charge in [-0.25, -0.2) is 0 Å². The fraction of sp³-hybridized carbons (Fsp3) is 0.500. The van der Waals surface area contributed by atoms with E-state index in [1.165, 1.54) is 0 Å². The van der Waals surface area contributed by atoms with Gasteiger partial charge >= 0.3 is 0 Å². The maximum atomic E-state index is 12.0. The molecule has 21 heavy (non-hydrogen) atoms. The van der Waals surface area contributed by atoms with Gasteiger partial charge in [0, 0.05) is 18.7 Å². The molecule has 6 nitrogen and oxygen atoms in total. The van der Waals surface area contributed by atoms with Crippen molar-refractivity contribution in [1.82, 2.24) is 10.6 Å². The smallest absolute Gasteiger partial charge is 0.239 e. The van der Waals surface area contributed by atoms with Crippen LogP contribution in [0.2, 0.25) is 0 Å². The number of halogens is 1. The molecule has 7 heteroatoms. The van der Waals surface area contributed by atoms with Crippen LogP contribution in [0.4, 0.5) is 0 Å². The van der Waals surface area contributed by atoms with Gasteiger partial charge in [-0.05, 0) is 18.2 Å². The van der Waals surface area contributed by atoms with Crippen LogP contribution in [0.1, 0.15) is 5.56 Å². The quantitative estimate of drug-likeness (QED) is 0.838. The van der Waals surface area contributed by atoms with Crippen molar-refractivity contribution in [2.24, 2.45) is 0 Å². The van der Waals surface area contributed by atoms with E-state index in [9.17, 15) is 4.79 Å². The second-order valence-corrected chi connectivity index (χ2v) is 4.48. The van der Waals surface area contributed by atoms with Crippen LogP contribution in [-0.4, -0.2) is 45.9 Å². The molecule has 118 valence electrons. The number of hydrogen-bond donors (Lipinski definition) is 2. The molecule has 1 atom stereocenters. The lowest BCUT2D eigenvalue weighted by atomic mass is 10.1. The zero-order valence-corrected chi connectivity index (χ0v) is 13.0. The summed E-state index contributed by atoms with van der Waals surface area (Å²) < 4.78 is 15.7. The summed E-state index contributed by atoms with van der Waals surface area (Å²) in [4.78, 5) is 12.0. The maximum absolute atomic E-state index is 12.0. The summed E-state index contributed by atoms with van der Waals surface area (Å²) in [6, 6.07) is 5.20. The number of ether oxygens (including phenoxy) is 3. The first-order valence-electron chi connectivity index (χ1n) is 6.54. The van der Waals surface area contributed by atoms with E-state index < -0.39 is 0 Å². The van der Waals surface area contributed by atoms with E-state index in [0.29, 0.717) is 26.3 Å². The average molecular weight is 317 g/mol. The Hall–Kier alpha value is -1.50. The summed E-state index contributed by atoms with van der Waals surface area (Å²) in [5, 5.41) is 5.99. The normalized spacial score (nSPS) is 17.5. The standard InChI is InChI=1S/C14H20N2O4.ClH/c1-18-11-3-4-13(19-2)10(7-11)8-16-14(17)12-9-20-6-5-15-12;/h3-4,7,12,15H,5-6,8-9H2,1-2H3,(H,16,17);1H. The van der Waals surface area contributed by atoms with Gasteiger partial charge in [0.15, 0.2) is 0 Å². The fourth-order valence-electron chi connectivity index (χ4n) is 2.06. The first kappa shape index (κ1) is 17.6. The van der Waals surface area contributed by atoms with Gasteiger partial charge in [-0.2, -0.15) is 0 Å². The Bertz CT molecular complexity index is 464. The topological polar surface area (TPSA) is 68.8 Å². The summed E-state index contributed by atoms with van der Waals surface area (Å²) in [7, 11) is 3.21. The van der Waals surface area contributed by atoms with Crippen LogP contribution in [0.15, 0.2) is 18.2 Å². The molecule has 0 radical (unpaired) electrons. The Morgan fingerprint density at radius 2 is 2.24 bits per heavy atom. The minimum Gasteiger partial charge on any atom is -0.497 e. The highest BCUT2D eigenvalue weighted by molar-refractivity contribution is 5.85. The predicted molar refractivity (Wildman–Crippen MR) is 81.3 cm³/mol. The SMILES string of the molecule is COc1ccc(OC)c(CNC(=O)C2COCCN2)c1.Cl. The largest absolute Gasteiger partial charge is 0.497 e. The zero-order chi connectivity index (χ0) is 14.4. The molecule has 1 fully saturated rings. The second-order valence-electron chi connectivity index (χ2n) is 4.48. The minimum absolute atomic E-state index is 0. The second kappa shape index (κ2) is 8.71. The van der Waals surface area contributed by atoms with Gasteiger partial charge in [-0.1, -0.05) is 0 Å². The average Bonchev–Trinajstić information content (AvgIpc) is 2.53. The predicted octanol–water partition coefficient (Wildman–Crippen LogP) is 0.730. The summed E-state index contributed by atoms with van der Waals surface area (Å²) in [5.74, 6) is 1.38. The lowest BCUT2D eigenvalue weighted by Gasteiger charge is -2.23. The third-order valence-corrected chi connectivity index (χ3v) is 3.18. The number of hydrogen-bond acceptors (Lipinski definition) is 5. The monoisotopic (exact) mass is 316 g/mol. The lowest BCUT2D eigenvalue weighted by Crippen LogP contribution is -2.51. The fourth-order valence-corrected chi connectivity index (χ4v) is 2.06. The Kier molecular flexibility index (Phi) is 7.28. The summed E-state index contributed by atoms with van der Waals surface area (Å²) in [6.07, 6.45) is 0. The molecule has 1 heterocycles. The third kappa shape index (κ3) is 4.77. The number of amides is 1. The van der Waals surface area contributed by atoms with Crippen molar-refractivity contribution in [2.45, 2.75) is 12.6 Å². The van der Waals surface area contributed by atoms with Crippen molar-refractivity contribution < 1.29 is 19.0 Å². The van der Waals surface area contributed by atoms with Crippen molar-refractivity contribution in [1.29, 1.82) is 0 Å². The molecule has 2 N–H and O–H groups in total. The number of carbonyl (C=O) groups excluding carboxylic acids is 1. The number of benzene rings is 1. The van der Waals surface area contributed by atoms with Crippen molar-refractivity contribution >= 4 is 18.3 Å². The van der Waals surface area contributed by atoms with Crippen LogP contribution < -0.4 is 20.1 Å². The minimum atomic E-state index is -0.291. The molecule has 1 unspecified atom stereocenters. The highest BCUT2D eigenvalue weighted by Crippen LogP contribution is 2.23. The van der Waals surface area contributed by atoms with Crippen LogP contribution in [0.25, 0.3) is 0 Å². The van der Waals surface area contributed by atoms with E-state index in [0.717, 1.165) is 17.1 Å². The highest BCUT2D eigenvalue weighted by atomic mass is 35.5. The molecule has 1 saturated heterocycles. The molecule has 1 aromatic carbocycles. The molecule has 0 saturated carbocycles. The number of carbonyl (C=O) groups is 1. The van der Waals surface area contributed by atoms with Gasteiger partial charge in [0.1, 0.15) is 17.5 Å². The number of rotatable bonds is 5.